The minimum Gasteiger partial charge on any atom is -0.435 e. The normalized spacial score (nSPS) is 10.7. The Morgan fingerprint density at radius 2 is 1.96 bits per heavy atom. The van der Waals surface area contributed by atoms with Crippen LogP contribution in [-0.4, -0.2) is 24.0 Å². The highest BCUT2D eigenvalue weighted by molar-refractivity contribution is 6.41. The molecule has 0 bridgehead atoms. The van der Waals surface area contributed by atoms with Crippen LogP contribution < -0.4 is 10.1 Å². The topological polar surface area (TPSA) is 51.2 Å². The van der Waals surface area contributed by atoms with Crippen LogP contribution in [0.2, 0.25) is 10.2 Å². The molecule has 0 unspecified atom stereocenters. The molecule has 1 heterocycles. The fourth-order valence-corrected chi connectivity index (χ4v) is 2.08. The number of hydrogen-bond acceptors (Lipinski definition) is 3. The first kappa shape index (κ1) is 17.4. The Labute approximate surface area is 141 Å². The number of rotatable bonds is 6. The molecule has 0 radical (unpaired) electrons. The van der Waals surface area contributed by atoms with Crippen molar-refractivity contribution in [3.05, 3.63) is 57.8 Å². The summed E-state index contributed by atoms with van der Waals surface area (Å²) < 4.78 is 28.3. The summed E-state index contributed by atoms with van der Waals surface area (Å²) in [6.07, 6.45) is 1.87. The average molecular weight is 361 g/mol. The van der Waals surface area contributed by atoms with Crippen LogP contribution in [0.15, 0.2) is 36.5 Å². The van der Waals surface area contributed by atoms with E-state index in [1.165, 1.54) is 24.4 Å². The molecule has 1 aromatic heterocycles. The third-order valence-electron chi connectivity index (χ3n) is 2.91. The highest BCUT2D eigenvalue weighted by atomic mass is 35.5. The number of ether oxygens (including phenoxy) is 1. The number of carbonyl (C=O) groups is 1. The fourth-order valence-electron chi connectivity index (χ4n) is 1.81. The van der Waals surface area contributed by atoms with Gasteiger partial charge in [0.05, 0.1) is 10.6 Å². The quantitative estimate of drug-likeness (QED) is 0.793. The standard InChI is InChI=1S/C15H12Cl2F2N2O2/c16-12-7-10(8-21-13(12)17)14(22)20-6-5-9-1-3-11(4-2-9)23-15(18)19/h1-4,7-8,15H,5-6H2,(H,20,22). The molecule has 1 N–H and O–H groups in total. The van der Waals surface area contributed by atoms with Gasteiger partial charge in [0, 0.05) is 12.7 Å². The molecule has 2 aromatic rings. The number of pyridine rings is 1. The van der Waals surface area contributed by atoms with Crippen molar-refractivity contribution >= 4 is 29.1 Å². The molecule has 4 nitrogen and oxygen atoms in total. The Bertz CT molecular complexity index is 682. The van der Waals surface area contributed by atoms with E-state index in [4.69, 9.17) is 23.2 Å². The van der Waals surface area contributed by atoms with Gasteiger partial charge in [0.25, 0.3) is 5.91 Å². The van der Waals surface area contributed by atoms with Gasteiger partial charge in [-0.1, -0.05) is 35.3 Å². The van der Waals surface area contributed by atoms with Crippen molar-refractivity contribution in [1.82, 2.24) is 10.3 Å². The summed E-state index contributed by atoms with van der Waals surface area (Å²) in [5.41, 5.74) is 1.18. The second kappa shape index (κ2) is 8.08. The summed E-state index contributed by atoms with van der Waals surface area (Å²) >= 11 is 11.5. The minimum absolute atomic E-state index is 0.0923. The van der Waals surface area contributed by atoms with Crippen molar-refractivity contribution < 1.29 is 18.3 Å². The van der Waals surface area contributed by atoms with Gasteiger partial charge in [-0.3, -0.25) is 4.79 Å². The molecule has 0 atom stereocenters. The zero-order valence-corrected chi connectivity index (χ0v) is 13.2. The van der Waals surface area contributed by atoms with Gasteiger partial charge in [-0.25, -0.2) is 4.98 Å². The number of nitrogens with zero attached hydrogens (tertiary/aromatic N) is 1. The highest BCUT2D eigenvalue weighted by Gasteiger charge is 2.09. The largest absolute Gasteiger partial charge is 0.435 e. The molecule has 1 amide bonds. The molecule has 23 heavy (non-hydrogen) atoms. The number of nitrogens with one attached hydrogen (secondary N) is 1. The van der Waals surface area contributed by atoms with Gasteiger partial charge in [-0.2, -0.15) is 8.78 Å². The molecule has 0 saturated heterocycles. The third-order valence-corrected chi connectivity index (χ3v) is 3.59. The summed E-state index contributed by atoms with van der Waals surface area (Å²) in [6, 6.07) is 7.65. The first-order valence-corrected chi connectivity index (χ1v) is 7.34. The lowest BCUT2D eigenvalue weighted by atomic mass is 10.1. The van der Waals surface area contributed by atoms with E-state index in [0.29, 0.717) is 18.5 Å². The molecule has 0 fully saturated rings. The monoisotopic (exact) mass is 360 g/mol. The number of aromatic nitrogens is 1. The first-order valence-electron chi connectivity index (χ1n) is 6.58. The Balaban J connectivity index is 1.84. The second-order valence-electron chi connectivity index (χ2n) is 4.52. The van der Waals surface area contributed by atoms with Crippen molar-refractivity contribution in [2.45, 2.75) is 13.0 Å². The second-order valence-corrected chi connectivity index (χ2v) is 5.29. The summed E-state index contributed by atoms with van der Waals surface area (Å²) in [7, 11) is 0. The van der Waals surface area contributed by atoms with Gasteiger partial charge in [-0.05, 0) is 30.2 Å². The van der Waals surface area contributed by atoms with Crippen LogP contribution >= 0.6 is 23.2 Å². The number of benzene rings is 1. The fraction of sp³-hybridized carbons (Fsp3) is 0.200. The van der Waals surface area contributed by atoms with Crippen LogP contribution in [0.25, 0.3) is 0 Å². The SMILES string of the molecule is O=C(NCCc1ccc(OC(F)F)cc1)c1cnc(Cl)c(Cl)c1. The lowest BCUT2D eigenvalue weighted by Gasteiger charge is -2.07. The van der Waals surface area contributed by atoms with E-state index >= 15 is 0 Å². The third kappa shape index (κ3) is 5.33. The summed E-state index contributed by atoms with van der Waals surface area (Å²) in [5, 5.41) is 3.05. The maximum atomic E-state index is 12.0. The number of alkyl halides is 2. The molecule has 122 valence electrons. The number of amides is 1. The predicted octanol–water partition coefficient (Wildman–Crippen LogP) is 3.96. The lowest BCUT2D eigenvalue weighted by molar-refractivity contribution is -0.0498. The molecule has 2 rings (SSSR count). The molecule has 0 saturated carbocycles. The van der Waals surface area contributed by atoms with Gasteiger partial charge in [-0.15, -0.1) is 0 Å². The first-order chi connectivity index (χ1) is 11.0. The molecule has 1 aromatic carbocycles. The molecule has 8 heteroatoms. The van der Waals surface area contributed by atoms with Crippen LogP contribution in [0, 0.1) is 0 Å². The van der Waals surface area contributed by atoms with Crippen LogP contribution in [0.1, 0.15) is 15.9 Å². The van der Waals surface area contributed by atoms with Crippen LogP contribution in [0.4, 0.5) is 8.78 Å². The van der Waals surface area contributed by atoms with E-state index in [2.05, 4.69) is 15.0 Å². The van der Waals surface area contributed by atoms with Gasteiger partial charge in [0.2, 0.25) is 0 Å². The van der Waals surface area contributed by atoms with E-state index < -0.39 is 6.61 Å². The van der Waals surface area contributed by atoms with Crippen molar-refractivity contribution in [3.8, 4) is 5.75 Å². The van der Waals surface area contributed by atoms with Crippen molar-refractivity contribution in [2.75, 3.05) is 6.54 Å². The van der Waals surface area contributed by atoms with Crippen molar-refractivity contribution in [2.24, 2.45) is 0 Å². The minimum atomic E-state index is -2.85. The van der Waals surface area contributed by atoms with Crippen LogP contribution in [0.3, 0.4) is 0 Å². The number of hydrogen-bond donors (Lipinski definition) is 1. The van der Waals surface area contributed by atoms with E-state index in [-0.39, 0.29) is 21.8 Å². The van der Waals surface area contributed by atoms with E-state index in [0.717, 1.165) is 5.56 Å². The van der Waals surface area contributed by atoms with E-state index in [9.17, 15) is 13.6 Å². The zero-order valence-electron chi connectivity index (χ0n) is 11.7. The van der Waals surface area contributed by atoms with Crippen molar-refractivity contribution in [3.63, 3.8) is 0 Å². The van der Waals surface area contributed by atoms with Gasteiger partial charge in [0.15, 0.2) is 0 Å². The Hall–Kier alpha value is -1.92. The van der Waals surface area contributed by atoms with E-state index in [1.807, 2.05) is 0 Å². The molecular weight excluding hydrogens is 349 g/mol. The Morgan fingerprint density at radius 3 is 2.57 bits per heavy atom. The lowest BCUT2D eigenvalue weighted by Crippen LogP contribution is -2.25. The van der Waals surface area contributed by atoms with Crippen LogP contribution in [-0.2, 0) is 6.42 Å². The summed E-state index contributed by atoms with van der Waals surface area (Å²) in [4.78, 5) is 15.7. The van der Waals surface area contributed by atoms with Crippen LogP contribution in [0.5, 0.6) is 5.75 Å². The predicted molar refractivity (Wildman–Crippen MR) is 83.4 cm³/mol. The molecule has 0 spiro atoms. The smallest absolute Gasteiger partial charge is 0.387 e. The summed E-state index contributed by atoms with van der Waals surface area (Å²) in [5.74, 6) is -0.233. The molecular formula is C15H12Cl2F2N2O2. The average Bonchev–Trinajstić information content (AvgIpc) is 2.51. The van der Waals surface area contributed by atoms with Gasteiger partial charge >= 0.3 is 6.61 Å². The maximum Gasteiger partial charge on any atom is 0.387 e. The Kier molecular flexibility index (Phi) is 6.12. The molecule has 0 aliphatic rings. The van der Waals surface area contributed by atoms with E-state index in [1.54, 1.807) is 12.1 Å². The Morgan fingerprint density at radius 1 is 1.26 bits per heavy atom. The van der Waals surface area contributed by atoms with Gasteiger partial charge in [0.1, 0.15) is 10.9 Å². The summed E-state index contributed by atoms with van der Waals surface area (Å²) in [6.45, 7) is -2.48. The number of halogens is 4. The van der Waals surface area contributed by atoms with Gasteiger partial charge < -0.3 is 10.1 Å². The van der Waals surface area contributed by atoms with Crippen molar-refractivity contribution in [1.29, 1.82) is 0 Å². The number of carbonyl (C=O) groups excluding carboxylic acids is 1. The zero-order chi connectivity index (χ0) is 16.8. The molecule has 0 aliphatic carbocycles. The maximum absolute atomic E-state index is 12.0. The highest BCUT2D eigenvalue weighted by Crippen LogP contribution is 2.19. The molecule has 0 aliphatic heterocycles.